The van der Waals surface area contributed by atoms with E-state index in [2.05, 4.69) is 18.7 Å². The van der Waals surface area contributed by atoms with Crippen molar-refractivity contribution in [3.05, 3.63) is 36.1 Å². The van der Waals surface area contributed by atoms with Gasteiger partial charge in [0.15, 0.2) is 0 Å². The Kier molecular flexibility index (Phi) is 4.79. The molecular formula is C16H21NO3. The first-order valence-corrected chi connectivity index (χ1v) is 7.06. The second kappa shape index (κ2) is 6.57. The summed E-state index contributed by atoms with van der Waals surface area (Å²) in [6.07, 6.45) is 1.15. The Morgan fingerprint density at radius 3 is 2.75 bits per heavy atom. The zero-order valence-corrected chi connectivity index (χ0v) is 12.0. The molecule has 2 rings (SSSR count). The van der Waals surface area contributed by atoms with Gasteiger partial charge >= 0.3 is 5.97 Å². The number of hydrogen-bond acceptors (Lipinski definition) is 3. The van der Waals surface area contributed by atoms with Crippen molar-refractivity contribution >= 4 is 16.9 Å². The van der Waals surface area contributed by atoms with Gasteiger partial charge in [0.2, 0.25) is 0 Å². The molecule has 0 bridgehead atoms. The van der Waals surface area contributed by atoms with Crippen LogP contribution in [-0.4, -0.2) is 29.1 Å². The average Bonchev–Trinajstić information content (AvgIpc) is 2.86. The van der Waals surface area contributed by atoms with Gasteiger partial charge in [0.1, 0.15) is 11.3 Å². The molecule has 0 amide bonds. The first-order chi connectivity index (χ1) is 9.61. The minimum absolute atomic E-state index is 0.0849. The molecule has 0 fully saturated rings. The zero-order chi connectivity index (χ0) is 14.5. The number of carbonyl (C=O) groups is 1. The summed E-state index contributed by atoms with van der Waals surface area (Å²) in [5.74, 6) is 0.132. The smallest absolute Gasteiger partial charge is 0.304 e. The largest absolute Gasteiger partial charge is 0.481 e. The van der Waals surface area contributed by atoms with E-state index in [0.717, 1.165) is 29.7 Å². The summed E-state index contributed by atoms with van der Waals surface area (Å²) < 4.78 is 5.87. The molecule has 0 aliphatic carbocycles. The number of para-hydroxylation sites is 1. The van der Waals surface area contributed by atoms with E-state index in [1.54, 1.807) is 0 Å². The summed E-state index contributed by atoms with van der Waals surface area (Å²) in [5, 5.41) is 9.93. The van der Waals surface area contributed by atoms with Crippen LogP contribution in [0.4, 0.5) is 0 Å². The van der Waals surface area contributed by atoms with Crippen LogP contribution in [0.15, 0.2) is 34.7 Å². The van der Waals surface area contributed by atoms with Crippen molar-refractivity contribution in [1.29, 1.82) is 0 Å². The van der Waals surface area contributed by atoms with E-state index < -0.39 is 5.97 Å². The van der Waals surface area contributed by atoms with E-state index in [-0.39, 0.29) is 12.5 Å². The van der Waals surface area contributed by atoms with Gasteiger partial charge in [-0.25, -0.2) is 0 Å². The molecule has 0 saturated heterocycles. The summed E-state index contributed by atoms with van der Waals surface area (Å²) in [6, 6.07) is 10.0. The zero-order valence-electron chi connectivity index (χ0n) is 12.0. The van der Waals surface area contributed by atoms with Gasteiger partial charge in [-0.3, -0.25) is 9.69 Å². The Balaban J connectivity index is 2.16. The Morgan fingerprint density at radius 1 is 1.35 bits per heavy atom. The number of benzene rings is 1. The summed E-state index contributed by atoms with van der Waals surface area (Å²) >= 11 is 0. The Hall–Kier alpha value is -1.81. The molecule has 4 heteroatoms. The van der Waals surface area contributed by atoms with E-state index in [0.29, 0.717) is 6.54 Å². The van der Waals surface area contributed by atoms with Crippen molar-refractivity contribution in [2.75, 3.05) is 13.1 Å². The molecule has 1 N–H and O–H groups in total. The van der Waals surface area contributed by atoms with Crippen molar-refractivity contribution in [3.63, 3.8) is 0 Å². The van der Waals surface area contributed by atoms with Crippen LogP contribution >= 0.6 is 0 Å². The van der Waals surface area contributed by atoms with Crippen molar-refractivity contribution in [3.8, 4) is 0 Å². The molecule has 2 aromatic rings. The average molecular weight is 275 g/mol. The fourth-order valence-corrected chi connectivity index (χ4v) is 2.41. The van der Waals surface area contributed by atoms with Crippen LogP contribution < -0.4 is 0 Å². The molecule has 0 saturated carbocycles. The van der Waals surface area contributed by atoms with Gasteiger partial charge in [-0.1, -0.05) is 25.1 Å². The summed E-state index contributed by atoms with van der Waals surface area (Å²) in [6.45, 7) is 5.57. The molecule has 1 aromatic heterocycles. The van der Waals surface area contributed by atoms with Crippen molar-refractivity contribution in [1.82, 2.24) is 4.90 Å². The molecule has 1 aromatic carbocycles. The highest BCUT2D eigenvalue weighted by Crippen LogP contribution is 2.27. The molecule has 1 heterocycles. The van der Waals surface area contributed by atoms with Crippen LogP contribution in [0.3, 0.4) is 0 Å². The first-order valence-electron chi connectivity index (χ1n) is 7.06. The number of rotatable bonds is 7. The Labute approximate surface area is 119 Å². The van der Waals surface area contributed by atoms with Crippen molar-refractivity contribution < 1.29 is 14.3 Å². The topological polar surface area (TPSA) is 53.7 Å². The van der Waals surface area contributed by atoms with Crippen LogP contribution in [0.1, 0.15) is 38.5 Å². The normalized spacial score (nSPS) is 12.9. The van der Waals surface area contributed by atoms with Gasteiger partial charge in [-0.15, -0.1) is 0 Å². The van der Waals surface area contributed by atoms with Crippen LogP contribution in [0.5, 0.6) is 0 Å². The molecule has 0 aliphatic rings. The van der Waals surface area contributed by atoms with Crippen LogP contribution in [0.25, 0.3) is 11.0 Å². The fourth-order valence-electron chi connectivity index (χ4n) is 2.41. The van der Waals surface area contributed by atoms with Crippen molar-refractivity contribution in [2.45, 2.75) is 32.7 Å². The maximum Gasteiger partial charge on any atom is 0.304 e. The minimum Gasteiger partial charge on any atom is -0.481 e. The molecule has 20 heavy (non-hydrogen) atoms. The van der Waals surface area contributed by atoms with Crippen LogP contribution in [-0.2, 0) is 4.79 Å². The number of nitrogens with zero attached hydrogens (tertiary/aromatic N) is 1. The number of carboxylic acids is 1. The third kappa shape index (κ3) is 3.39. The second-order valence-electron chi connectivity index (χ2n) is 5.04. The second-order valence-corrected chi connectivity index (χ2v) is 5.04. The standard InChI is InChI=1S/C16H21NO3/c1-3-9-17(10-8-16(18)19)12(2)15-11-13-6-4-5-7-14(13)20-15/h4-7,11-12H,3,8-10H2,1-2H3,(H,18,19). The van der Waals surface area contributed by atoms with Gasteiger partial charge in [0.25, 0.3) is 0 Å². The number of hydrogen-bond donors (Lipinski definition) is 1. The number of fused-ring (bicyclic) bond motifs is 1. The monoisotopic (exact) mass is 275 g/mol. The predicted molar refractivity (Wildman–Crippen MR) is 78.7 cm³/mol. The molecule has 4 nitrogen and oxygen atoms in total. The van der Waals surface area contributed by atoms with Gasteiger partial charge in [-0.05, 0) is 32.0 Å². The fraction of sp³-hybridized carbons (Fsp3) is 0.438. The van der Waals surface area contributed by atoms with E-state index in [4.69, 9.17) is 9.52 Å². The van der Waals surface area contributed by atoms with E-state index in [9.17, 15) is 4.79 Å². The van der Waals surface area contributed by atoms with Gasteiger partial charge in [-0.2, -0.15) is 0 Å². The lowest BCUT2D eigenvalue weighted by atomic mass is 10.1. The number of furan rings is 1. The summed E-state index contributed by atoms with van der Waals surface area (Å²) in [4.78, 5) is 12.9. The molecule has 0 spiro atoms. The highest BCUT2D eigenvalue weighted by molar-refractivity contribution is 5.77. The molecule has 0 radical (unpaired) electrons. The van der Waals surface area contributed by atoms with Crippen LogP contribution in [0, 0.1) is 0 Å². The minimum atomic E-state index is -0.761. The maximum atomic E-state index is 10.8. The molecular weight excluding hydrogens is 254 g/mol. The lowest BCUT2D eigenvalue weighted by Gasteiger charge is -2.26. The van der Waals surface area contributed by atoms with Gasteiger partial charge < -0.3 is 9.52 Å². The van der Waals surface area contributed by atoms with E-state index >= 15 is 0 Å². The van der Waals surface area contributed by atoms with E-state index in [1.807, 2.05) is 30.3 Å². The highest BCUT2D eigenvalue weighted by Gasteiger charge is 2.19. The predicted octanol–water partition coefficient (Wildman–Crippen LogP) is 3.68. The molecule has 1 atom stereocenters. The third-order valence-corrected chi connectivity index (χ3v) is 3.53. The lowest BCUT2D eigenvalue weighted by Crippen LogP contribution is -2.30. The van der Waals surface area contributed by atoms with Gasteiger partial charge in [0.05, 0.1) is 12.5 Å². The quantitative estimate of drug-likeness (QED) is 0.837. The van der Waals surface area contributed by atoms with E-state index in [1.165, 1.54) is 0 Å². The third-order valence-electron chi connectivity index (χ3n) is 3.53. The molecule has 108 valence electrons. The lowest BCUT2D eigenvalue weighted by molar-refractivity contribution is -0.137. The van der Waals surface area contributed by atoms with Gasteiger partial charge in [0, 0.05) is 11.9 Å². The summed E-state index contributed by atoms with van der Waals surface area (Å²) in [5.41, 5.74) is 0.879. The van der Waals surface area contributed by atoms with Crippen LogP contribution in [0.2, 0.25) is 0 Å². The first kappa shape index (κ1) is 14.6. The Morgan fingerprint density at radius 2 is 2.10 bits per heavy atom. The molecule has 1 unspecified atom stereocenters. The number of aliphatic carboxylic acids is 1. The molecule has 0 aliphatic heterocycles. The number of carboxylic acid groups (broad SMARTS) is 1. The Bertz CT molecular complexity index is 543. The SMILES string of the molecule is CCCN(CCC(=O)O)C(C)c1cc2ccccc2o1. The highest BCUT2D eigenvalue weighted by atomic mass is 16.4. The van der Waals surface area contributed by atoms with Crippen molar-refractivity contribution in [2.24, 2.45) is 0 Å². The summed E-state index contributed by atoms with van der Waals surface area (Å²) in [7, 11) is 0. The maximum absolute atomic E-state index is 10.8.